The lowest BCUT2D eigenvalue weighted by Crippen LogP contribution is -2.38. The van der Waals surface area contributed by atoms with Crippen LogP contribution in [0.3, 0.4) is 0 Å². The van der Waals surface area contributed by atoms with Gasteiger partial charge in [0.2, 0.25) is 17.7 Å². The van der Waals surface area contributed by atoms with Crippen LogP contribution in [0.4, 0.5) is 19.0 Å². The van der Waals surface area contributed by atoms with Crippen molar-refractivity contribution >= 4 is 35.1 Å². The third-order valence-electron chi connectivity index (χ3n) is 5.83. The molecule has 7 nitrogen and oxygen atoms in total. The molecule has 3 amide bonds. The normalized spacial score (nSPS) is 21.1. The number of benzene rings is 1. The van der Waals surface area contributed by atoms with Crippen molar-refractivity contribution in [1.82, 2.24) is 14.7 Å². The van der Waals surface area contributed by atoms with Crippen LogP contribution in [-0.2, 0) is 20.6 Å². The van der Waals surface area contributed by atoms with Gasteiger partial charge < -0.3 is 5.32 Å². The topological polar surface area (TPSA) is 84.3 Å². The van der Waals surface area contributed by atoms with E-state index in [2.05, 4.69) is 10.4 Å². The number of carbonyl (C=O) groups excluding carboxylic acids is 3. The molecular formula is C21H20ClF3N4O3. The molecule has 11 heteroatoms. The lowest BCUT2D eigenvalue weighted by Gasteiger charge is -2.19. The zero-order chi connectivity index (χ0) is 23.2. The van der Waals surface area contributed by atoms with Gasteiger partial charge in [0.05, 0.1) is 33.8 Å². The summed E-state index contributed by atoms with van der Waals surface area (Å²) in [6.45, 7) is 1.14. The maximum atomic E-state index is 13.1. The molecule has 2 unspecified atom stereocenters. The molecule has 1 N–H and O–H groups in total. The number of nitrogens with zero attached hydrogens (tertiary/aromatic N) is 3. The van der Waals surface area contributed by atoms with Crippen molar-refractivity contribution in [3.8, 4) is 5.69 Å². The molecule has 2 atom stereocenters. The van der Waals surface area contributed by atoms with E-state index in [-0.39, 0.29) is 40.2 Å². The number of hydrogen-bond acceptors (Lipinski definition) is 4. The number of nitrogens with one attached hydrogen (secondary N) is 1. The molecule has 1 aliphatic heterocycles. The molecule has 2 aromatic rings. The number of amides is 3. The van der Waals surface area contributed by atoms with E-state index in [9.17, 15) is 27.6 Å². The Morgan fingerprint density at radius 2 is 1.78 bits per heavy atom. The number of rotatable bonds is 4. The summed E-state index contributed by atoms with van der Waals surface area (Å²) in [6.07, 6.45) is -1.58. The fourth-order valence-electron chi connectivity index (χ4n) is 4.34. The number of aromatic nitrogens is 2. The van der Waals surface area contributed by atoms with Gasteiger partial charge in [-0.25, -0.2) is 4.68 Å². The predicted molar refractivity (Wildman–Crippen MR) is 109 cm³/mol. The van der Waals surface area contributed by atoms with Gasteiger partial charge in [0.1, 0.15) is 12.4 Å². The van der Waals surface area contributed by atoms with Gasteiger partial charge in [-0.2, -0.15) is 18.3 Å². The summed E-state index contributed by atoms with van der Waals surface area (Å²) in [5.41, 5.74) is -0.560. The minimum atomic E-state index is -4.59. The van der Waals surface area contributed by atoms with E-state index < -0.39 is 24.2 Å². The number of hydrogen-bond donors (Lipinski definition) is 1. The van der Waals surface area contributed by atoms with E-state index in [1.165, 1.54) is 6.07 Å². The van der Waals surface area contributed by atoms with Crippen LogP contribution in [-0.4, -0.2) is 38.9 Å². The molecule has 4 rings (SSSR count). The van der Waals surface area contributed by atoms with Crippen LogP contribution in [0.15, 0.2) is 24.3 Å². The maximum Gasteiger partial charge on any atom is 0.416 e. The van der Waals surface area contributed by atoms with E-state index in [0.717, 1.165) is 40.6 Å². The molecule has 0 bridgehead atoms. The lowest BCUT2D eigenvalue weighted by molar-refractivity contribution is -0.142. The highest BCUT2D eigenvalue weighted by Gasteiger charge is 2.48. The van der Waals surface area contributed by atoms with E-state index in [1.807, 2.05) is 0 Å². The Morgan fingerprint density at radius 1 is 1.16 bits per heavy atom. The Kier molecular flexibility index (Phi) is 5.74. The lowest BCUT2D eigenvalue weighted by atomic mass is 9.81. The van der Waals surface area contributed by atoms with Crippen LogP contribution in [0, 0.1) is 18.8 Å². The molecule has 1 saturated heterocycles. The second-order valence-electron chi connectivity index (χ2n) is 8.05. The number of alkyl halides is 3. The molecule has 1 aromatic carbocycles. The van der Waals surface area contributed by atoms with Crippen molar-refractivity contribution in [2.75, 3.05) is 11.9 Å². The highest BCUT2D eigenvalue weighted by molar-refractivity contribution is 6.32. The number of anilines is 1. The van der Waals surface area contributed by atoms with Crippen molar-refractivity contribution in [3.63, 3.8) is 0 Å². The van der Waals surface area contributed by atoms with Crippen molar-refractivity contribution in [2.24, 2.45) is 11.8 Å². The zero-order valence-electron chi connectivity index (χ0n) is 17.1. The van der Waals surface area contributed by atoms with Gasteiger partial charge in [-0.1, -0.05) is 24.4 Å². The summed E-state index contributed by atoms with van der Waals surface area (Å²) in [5.74, 6) is -2.03. The van der Waals surface area contributed by atoms with Crippen LogP contribution in [0.5, 0.6) is 0 Å². The van der Waals surface area contributed by atoms with Crippen molar-refractivity contribution in [3.05, 3.63) is 40.5 Å². The summed E-state index contributed by atoms with van der Waals surface area (Å²) in [6, 6.07) is 4.25. The Balaban J connectivity index is 1.56. The van der Waals surface area contributed by atoms with Crippen LogP contribution < -0.4 is 5.32 Å². The van der Waals surface area contributed by atoms with Gasteiger partial charge in [0, 0.05) is 6.07 Å². The first kappa shape index (κ1) is 22.3. The third kappa shape index (κ3) is 4.11. The molecule has 32 heavy (non-hydrogen) atoms. The average molecular weight is 469 g/mol. The number of carbonyl (C=O) groups is 3. The predicted octanol–water partition coefficient (Wildman–Crippen LogP) is 3.97. The van der Waals surface area contributed by atoms with E-state index in [0.29, 0.717) is 18.5 Å². The Labute approximate surface area is 186 Å². The first-order valence-corrected chi connectivity index (χ1v) is 10.5. The second-order valence-corrected chi connectivity index (χ2v) is 8.46. The van der Waals surface area contributed by atoms with E-state index >= 15 is 0 Å². The molecule has 1 aliphatic carbocycles. The van der Waals surface area contributed by atoms with Gasteiger partial charge in [-0.05, 0) is 38.0 Å². The molecule has 1 saturated carbocycles. The van der Waals surface area contributed by atoms with Gasteiger partial charge in [0.25, 0.3) is 0 Å². The third-order valence-corrected chi connectivity index (χ3v) is 6.15. The largest absolute Gasteiger partial charge is 0.416 e. The molecular weight excluding hydrogens is 449 g/mol. The number of fused-ring (bicyclic) bond motifs is 1. The standard InChI is InChI=1S/C21H20ClF3N4O3/c1-11-8-17(29(27-11)16-9-12(21(23,24)25)6-7-15(16)22)26-18(30)10-28-19(31)13-4-2-3-5-14(13)20(28)32/h6-9,13-14H,2-5,10H2,1H3,(H,26,30). The number of halogens is 4. The fraction of sp³-hybridized carbons (Fsp3) is 0.429. The Hall–Kier alpha value is -2.88. The first-order valence-electron chi connectivity index (χ1n) is 10.1. The zero-order valence-corrected chi connectivity index (χ0v) is 17.8. The average Bonchev–Trinajstić information content (AvgIpc) is 3.20. The van der Waals surface area contributed by atoms with Gasteiger partial charge in [-0.15, -0.1) is 0 Å². The molecule has 1 aromatic heterocycles. The van der Waals surface area contributed by atoms with Gasteiger partial charge >= 0.3 is 6.18 Å². The highest BCUT2D eigenvalue weighted by Crippen LogP contribution is 2.38. The summed E-state index contributed by atoms with van der Waals surface area (Å²) >= 11 is 6.11. The van der Waals surface area contributed by atoms with E-state index in [4.69, 9.17) is 11.6 Å². The summed E-state index contributed by atoms with van der Waals surface area (Å²) in [7, 11) is 0. The summed E-state index contributed by atoms with van der Waals surface area (Å²) in [5, 5.41) is 6.69. The first-order chi connectivity index (χ1) is 15.1. The maximum absolute atomic E-state index is 13.1. The number of aryl methyl sites for hydroxylation is 1. The van der Waals surface area contributed by atoms with Crippen LogP contribution in [0.2, 0.25) is 5.02 Å². The molecule has 0 radical (unpaired) electrons. The number of likely N-dealkylation sites (tertiary alicyclic amines) is 1. The minimum absolute atomic E-state index is 0.00516. The smallest absolute Gasteiger partial charge is 0.309 e. The molecule has 2 heterocycles. The Bertz CT molecular complexity index is 1070. The summed E-state index contributed by atoms with van der Waals surface area (Å²) < 4.78 is 40.5. The second kappa shape index (κ2) is 8.23. The van der Waals surface area contributed by atoms with Crippen LogP contribution >= 0.6 is 11.6 Å². The molecule has 0 spiro atoms. The molecule has 2 fully saturated rings. The van der Waals surface area contributed by atoms with Crippen LogP contribution in [0.25, 0.3) is 5.69 Å². The molecule has 170 valence electrons. The van der Waals surface area contributed by atoms with Crippen LogP contribution in [0.1, 0.15) is 36.9 Å². The molecule has 2 aliphatic rings. The van der Waals surface area contributed by atoms with Gasteiger partial charge in [-0.3, -0.25) is 19.3 Å². The highest BCUT2D eigenvalue weighted by atomic mass is 35.5. The van der Waals surface area contributed by atoms with Crippen molar-refractivity contribution < 1.29 is 27.6 Å². The minimum Gasteiger partial charge on any atom is -0.309 e. The van der Waals surface area contributed by atoms with E-state index in [1.54, 1.807) is 6.92 Å². The number of imide groups is 1. The monoisotopic (exact) mass is 468 g/mol. The quantitative estimate of drug-likeness (QED) is 0.688. The van der Waals surface area contributed by atoms with Gasteiger partial charge in [0.15, 0.2) is 0 Å². The Morgan fingerprint density at radius 3 is 2.38 bits per heavy atom. The summed E-state index contributed by atoms with van der Waals surface area (Å²) in [4.78, 5) is 38.8. The SMILES string of the molecule is Cc1cc(NC(=O)CN2C(=O)C3CCCCC3C2=O)n(-c2cc(C(F)(F)F)ccc2Cl)n1. The fourth-order valence-corrected chi connectivity index (χ4v) is 4.53. The van der Waals surface area contributed by atoms with Crippen molar-refractivity contribution in [1.29, 1.82) is 0 Å². The van der Waals surface area contributed by atoms with Crippen molar-refractivity contribution in [2.45, 2.75) is 38.8 Å².